The summed E-state index contributed by atoms with van der Waals surface area (Å²) >= 11 is 0. The molecule has 0 saturated carbocycles. The van der Waals surface area contributed by atoms with Gasteiger partial charge in [-0.25, -0.2) is 4.98 Å². The molecule has 1 N–H and O–H groups in total. The summed E-state index contributed by atoms with van der Waals surface area (Å²) < 4.78 is 1.86. The number of nitrogens with one attached hydrogen (secondary N) is 1. The van der Waals surface area contributed by atoms with E-state index in [0.29, 0.717) is 5.92 Å². The van der Waals surface area contributed by atoms with Gasteiger partial charge in [-0.3, -0.25) is 4.98 Å². The molecule has 5 heteroatoms. The average molecular weight is 309 g/mol. The summed E-state index contributed by atoms with van der Waals surface area (Å²) in [5.41, 5.74) is 3.00. The zero-order chi connectivity index (χ0) is 16.2. The maximum absolute atomic E-state index is 4.66. The van der Waals surface area contributed by atoms with Gasteiger partial charge in [0.25, 0.3) is 0 Å². The zero-order valence-electron chi connectivity index (χ0n) is 13.9. The second-order valence-electron chi connectivity index (χ2n) is 6.10. The Morgan fingerprint density at radius 2 is 2.04 bits per heavy atom. The Morgan fingerprint density at radius 1 is 1.17 bits per heavy atom. The van der Waals surface area contributed by atoms with Crippen molar-refractivity contribution < 1.29 is 0 Å². The van der Waals surface area contributed by atoms with E-state index in [-0.39, 0.29) is 6.04 Å². The summed E-state index contributed by atoms with van der Waals surface area (Å²) in [7, 11) is 0. The first-order valence-electron chi connectivity index (χ1n) is 8.20. The standard InChI is InChI=1S/C18H23N5/c1-4-7-14-12-17(23-16(21-14)9-11-20-23)22-18(13(2)3)15-8-5-6-10-19-15/h5-6,8-13,18,22H,4,7H2,1-3H3/t18-/m0/s1. The topological polar surface area (TPSA) is 55.1 Å². The second-order valence-corrected chi connectivity index (χ2v) is 6.10. The molecular weight excluding hydrogens is 286 g/mol. The van der Waals surface area contributed by atoms with E-state index in [2.05, 4.69) is 53.3 Å². The summed E-state index contributed by atoms with van der Waals surface area (Å²) in [4.78, 5) is 9.17. The van der Waals surface area contributed by atoms with Gasteiger partial charge in [0.05, 0.1) is 17.9 Å². The van der Waals surface area contributed by atoms with E-state index in [0.717, 1.165) is 35.7 Å². The molecule has 0 aliphatic rings. The molecule has 0 fully saturated rings. The maximum Gasteiger partial charge on any atom is 0.157 e. The molecule has 120 valence electrons. The smallest absolute Gasteiger partial charge is 0.157 e. The number of aryl methyl sites for hydroxylation is 1. The molecule has 0 saturated heterocycles. The van der Waals surface area contributed by atoms with Crippen LogP contribution in [0.1, 0.15) is 44.6 Å². The van der Waals surface area contributed by atoms with E-state index in [9.17, 15) is 0 Å². The van der Waals surface area contributed by atoms with Crippen LogP contribution in [0.3, 0.4) is 0 Å². The van der Waals surface area contributed by atoms with Crippen LogP contribution in [0.4, 0.5) is 5.82 Å². The van der Waals surface area contributed by atoms with Gasteiger partial charge in [-0.2, -0.15) is 9.61 Å². The van der Waals surface area contributed by atoms with Gasteiger partial charge in [0.15, 0.2) is 5.65 Å². The molecule has 0 aliphatic carbocycles. The van der Waals surface area contributed by atoms with E-state index in [1.807, 2.05) is 28.9 Å². The van der Waals surface area contributed by atoms with Crippen molar-refractivity contribution in [3.05, 3.63) is 54.1 Å². The Kier molecular flexibility index (Phi) is 4.55. The van der Waals surface area contributed by atoms with Crippen LogP contribution < -0.4 is 5.32 Å². The third-order valence-corrected chi connectivity index (χ3v) is 3.90. The summed E-state index contributed by atoms with van der Waals surface area (Å²) in [5.74, 6) is 1.37. The van der Waals surface area contributed by atoms with Crippen molar-refractivity contribution in [2.24, 2.45) is 5.92 Å². The first-order chi connectivity index (χ1) is 11.2. The number of aromatic nitrogens is 4. The normalized spacial score (nSPS) is 12.7. The first-order valence-corrected chi connectivity index (χ1v) is 8.20. The average Bonchev–Trinajstić information content (AvgIpc) is 3.02. The van der Waals surface area contributed by atoms with E-state index in [4.69, 9.17) is 0 Å². The summed E-state index contributed by atoms with van der Waals surface area (Å²) in [6, 6.07) is 10.2. The Balaban J connectivity index is 1.99. The molecular formula is C18H23N5. The minimum absolute atomic E-state index is 0.125. The van der Waals surface area contributed by atoms with Gasteiger partial charge in [-0.15, -0.1) is 0 Å². The lowest BCUT2D eigenvalue weighted by Crippen LogP contribution is -2.20. The predicted molar refractivity (Wildman–Crippen MR) is 92.4 cm³/mol. The minimum atomic E-state index is 0.125. The van der Waals surface area contributed by atoms with Crippen molar-refractivity contribution in [3.63, 3.8) is 0 Å². The molecule has 0 amide bonds. The number of anilines is 1. The van der Waals surface area contributed by atoms with Gasteiger partial charge in [0.1, 0.15) is 5.82 Å². The van der Waals surface area contributed by atoms with Crippen LogP contribution in [0.25, 0.3) is 5.65 Å². The van der Waals surface area contributed by atoms with Gasteiger partial charge in [0, 0.05) is 24.0 Å². The molecule has 0 unspecified atom stereocenters. The summed E-state index contributed by atoms with van der Waals surface area (Å²) in [5, 5.41) is 8.02. The van der Waals surface area contributed by atoms with Gasteiger partial charge in [-0.05, 0) is 24.5 Å². The number of fused-ring (bicyclic) bond motifs is 1. The molecule has 0 aliphatic heterocycles. The van der Waals surface area contributed by atoms with Crippen LogP contribution in [0.15, 0.2) is 42.7 Å². The molecule has 1 atom stereocenters. The van der Waals surface area contributed by atoms with E-state index in [1.165, 1.54) is 0 Å². The van der Waals surface area contributed by atoms with E-state index < -0.39 is 0 Å². The molecule has 0 spiro atoms. The van der Waals surface area contributed by atoms with E-state index in [1.54, 1.807) is 6.20 Å². The van der Waals surface area contributed by atoms with Crippen LogP contribution in [0, 0.1) is 5.92 Å². The largest absolute Gasteiger partial charge is 0.361 e. The number of rotatable bonds is 6. The zero-order valence-corrected chi connectivity index (χ0v) is 13.9. The number of hydrogen-bond donors (Lipinski definition) is 1. The molecule has 3 heterocycles. The summed E-state index contributed by atoms with van der Waals surface area (Å²) in [6.07, 6.45) is 5.66. The van der Waals surface area contributed by atoms with Crippen LogP contribution in [-0.2, 0) is 6.42 Å². The van der Waals surface area contributed by atoms with Gasteiger partial charge >= 0.3 is 0 Å². The van der Waals surface area contributed by atoms with Crippen molar-refractivity contribution in [1.29, 1.82) is 0 Å². The van der Waals surface area contributed by atoms with Crippen molar-refractivity contribution in [2.75, 3.05) is 5.32 Å². The molecule has 3 aromatic heterocycles. The van der Waals surface area contributed by atoms with Crippen molar-refractivity contribution in [2.45, 2.75) is 39.7 Å². The van der Waals surface area contributed by atoms with Crippen LogP contribution in [0.2, 0.25) is 0 Å². The molecule has 0 bridgehead atoms. The van der Waals surface area contributed by atoms with Gasteiger partial charge in [0.2, 0.25) is 0 Å². The Bertz CT molecular complexity index is 763. The highest BCUT2D eigenvalue weighted by atomic mass is 15.3. The highest BCUT2D eigenvalue weighted by Gasteiger charge is 2.18. The highest BCUT2D eigenvalue weighted by molar-refractivity contribution is 5.50. The van der Waals surface area contributed by atoms with Crippen LogP contribution >= 0.6 is 0 Å². The van der Waals surface area contributed by atoms with Crippen LogP contribution in [-0.4, -0.2) is 19.6 Å². The van der Waals surface area contributed by atoms with Gasteiger partial charge in [-0.1, -0.05) is 33.3 Å². The minimum Gasteiger partial charge on any atom is -0.361 e. The van der Waals surface area contributed by atoms with Crippen molar-refractivity contribution in [1.82, 2.24) is 19.6 Å². The van der Waals surface area contributed by atoms with Crippen molar-refractivity contribution >= 4 is 11.5 Å². The molecule has 0 radical (unpaired) electrons. The molecule has 23 heavy (non-hydrogen) atoms. The predicted octanol–water partition coefficient (Wildman–Crippen LogP) is 3.89. The lowest BCUT2D eigenvalue weighted by atomic mass is 10.0. The lowest BCUT2D eigenvalue weighted by molar-refractivity contribution is 0.531. The quantitative estimate of drug-likeness (QED) is 0.750. The second kappa shape index (κ2) is 6.77. The fraction of sp³-hybridized carbons (Fsp3) is 0.389. The lowest BCUT2D eigenvalue weighted by Gasteiger charge is -2.23. The van der Waals surface area contributed by atoms with Crippen LogP contribution in [0.5, 0.6) is 0 Å². The van der Waals surface area contributed by atoms with Gasteiger partial charge < -0.3 is 5.32 Å². The molecule has 0 aromatic carbocycles. The Morgan fingerprint density at radius 3 is 2.74 bits per heavy atom. The monoisotopic (exact) mass is 309 g/mol. The number of nitrogens with zero attached hydrogens (tertiary/aromatic N) is 4. The number of pyridine rings is 1. The number of hydrogen-bond acceptors (Lipinski definition) is 4. The summed E-state index contributed by atoms with van der Waals surface area (Å²) in [6.45, 7) is 6.56. The molecule has 3 rings (SSSR count). The Labute approximate surface area is 136 Å². The molecule has 5 nitrogen and oxygen atoms in total. The highest BCUT2D eigenvalue weighted by Crippen LogP contribution is 2.25. The molecule has 3 aromatic rings. The third kappa shape index (κ3) is 3.33. The SMILES string of the molecule is CCCc1cc(N[C@H](c2ccccn2)C(C)C)n2nccc2n1. The Hall–Kier alpha value is -2.43. The van der Waals surface area contributed by atoms with E-state index >= 15 is 0 Å². The third-order valence-electron chi connectivity index (χ3n) is 3.90. The maximum atomic E-state index is 4.66. The fourth-order valence-electron chi connectivity index (χ4n) is 2.75. The fourth-order valence-corrected chi connectivity index (χ4v) is 2.75. The van der Waals surface area contributed by atoms with Crippen molar-refractivity contribution in [3.8, 4) is 0 Å². The first kappa shape index (κ1) is 15.5.